The maximum Gasteiger partial charge on any atom is 0.229 e. The van der Waals surface area contributed by atoms with Crippen molar-refractivity contribution in [3.8, 4) is 17.0 Å². The van der Waals surface area contributed by atoms with E-state index in [1.54, 1.807) is 7.11 Å². The first kappa shape index (κ1) is 26.1. The van der Waals surface area contributed by atoms with Crippen LogP contribution in [-0.2, 0) is 6.61 Å². The maximum atomic E-state index is 9.84. The Hall–Kier alpha value is -3.10. The van der Waals surface area contributed by atoms with Crippen molar-refractivity contribution in [3.05, 3.63) is 45.6 Å². The van der Waals surface area contributed by atoms with Crippen LogP contribution in [0.2, 0.25) is 0 Å². The molecular formula is C27H32IN9O2. The van der Waals surface area contributed by atoms with Crippen LogP contribution in [0.3, 0.4) is 0 Å². The van der Waals surface area contributed by atoms with E-state index >= 15 is 0 Å². The van der Waals surface area contributed by atoms with Crippen LogP contribution in [-0.4, -0.2) is 81.1 Å². The van der Waals surface area contributed by atoms with Gasteiger partial charge in [-0.2, -0.15) is 9.97 Å². The van der Waals surface area contributed by atoms with E-state index in [4.69, 9.17) is 19.7 Å². The van der Waals surface area contributed by atoms with Crippen LogP contribution in [0.1, 0.15) is 37.1 Å². The molecule has 0 aliphatic carbocycles. The summed E-state index contributed by atoms with van der Waals surface area (Å²) in [5.41, 5.74) is 3.07. The van der Waals surface area contributed by atoms with Crippen LogP contribution in [0.15, 0.2) is 30.3 Å². The van der Waals surface area contributed by atoms with Gasteiger partial charge in [0.15, 0.2) is 5.65 Å². The first-order valence-corrected chi connectivity index (χ1v) is 14.4. The molecule has 2 saturated heterocycles. The number of methoxy groups -OCH3 is 1. The van der Waals surface area contributed by atoms with E-state index in [1.807, 2.05) is 24.3 Å². The fourth-order valence-corrected chi connectivity index (χ4v) is 5.92. The van der Waals surface area contributed by atoms with Gasteiger partial charge < -0.3 is 25.0 Å². The Bertz CT molecular complexity index is 1480. The van der Waals surface area contributed by atoms with Crippen molar-refractivity contribution in [1.29, 1.82) is 0 Å². The van der Waals surface area contributed by atoms with Gasteiger partial charge in [-0.05, 0) is 50.1 Å². The van der Waals surface area contributed by atoms with E-state index in [-0.39, 0.29) is 12.5 Å². The molecule has 3 N–H and O–H groups in total. The molecule has 0 bridgehead atoms. The summed E-state index contributed by atoms with van der Waals surface area (Å²) in [6.07, 6.45) is 2.07. The molecule has 3 aromatic heterocycles. The highest BCUT2D eigenvalue weighted by Gasteiger charge is 2.28. The second-order valence-electron chi connectivity index (χ2n) is 10.1. The number of aliphatic hydroxyl groups is 1. The second kappa shape index (κ2) is 11.2. The van der Waals surface area contributed by atoms with Gasteiger partial charge in [0.2, 0.25) is 9.78 Å². The molecule has 0 radical (unpaired) electrons. The number of nitrogens with zero attached hydrogens (tertiary/aromatic N) is 7. The van der Waals surface area contributed by atoms with Crippen LogP contribution in [0.25, 0.3) is 22.3 Å². The molecule has 4 aromatic rings. The number of piperazine rings is 1. The molecule has 2 atom stereocenters. The first-order chi connectivity index (χ1) is 19.0. The van der Waals surface area contributed by atoms with Gasteiger partial charge in [0.25, 0.3) is 0 Å². The quantitative estimate of drug-likeness (QED) is 0.271. The lowest BCUT2D eigenvalue weighted by atomic mass is 9.98. The highest BCUT2D eigenvalue weighted by molar-refractivity contribution is 14.1. The lowest BCUT2D eigenvalue weighted by molar-refractivity contribution is 0.274. The Kier molecular flexibility index (Phi) is 7.49. The zero-order valence-corrected chi connectivity index (χ0v) is 24.2. The number of ether oxygens (including phenoxy) is 1. The molecule has 12 heteroatoms. The number of aromatic amines is 1. The van der Waals surface area contributed by atoms with E-state index in [1.165, 1.54) is 0 Å². The number of piperidine rings is 1. The highest BCUT2D eigenvalue weighted by atomic mass is 127. The van der Waals surface area contributed by atoms with Gasteiger partial charge in [-0.3, -0.25) is 5.10 Å². The molecule has 1 aromatic carbocycles. The van der Waals surface area contributed by atoms with Gasteiger partial charge in [0.05, 0.1) is 24.8 Å². The van der Waals surface area contributed by atoms with Gasteiger partial charge in [-0.25, -0.2) is 9.97 Å². The van der Waals surface area contributed by atoms with Crippen molar-refractivity contribution in [2.24, 2.45) is 0 Å². The van der Waals surface area contributed by atoms with Crippen LogP contribution in [0.4, 0.5) is 11.8 Å². The predicted molar refractivity (Wildman–Crippen MR) is 158 cm³/mol. The molecule has 0 saturated carbocycles. The van der Waals surface area contributed by atoms with E-state index in [0.717, 1.165) is 83.2 Å². The third kappa shape index (κ3) is 5.24. The number of nitrogens with one attached hydrogen (secondary N) is 2. The minimum Gasteiger partial charge on any atom is -0.496 e. The summed E-state index contributed by atoms with van der Waals surface area (Å²) in [5.74, 6) is 3.43. The fourth-order valence-electron chi connectivity index (χ4n) is 5.54. The molecule has 2 fully saturated rings. The summed E-state index contributed by atoms with van der Waals surface area (Å²) in [6.45, 7) is 6.43. The molecule has 5 heterocycles. The Balaban J connectivity index is 1.43. The van der Waals surface area contributed by atoms with Crippen LogP contribution < -0.4 is 19.9 Å². The molecule has 0 amide bonds. The number of anilines is 2. The Morgan fingerprint density at radius 3 is 2.79 bits per heavy atom. The molecule has 204 valence electrons. The van der Waals surface area contributed by atoms with Crippen molar-refractivity contribution >= 4 is 45.4 Å². The van der Waals surface area contributed by atoms with Gasteiger partial charge in [0.1, 0.15) is 17.4 Å². The third-order valence-corrected chi connectivity index (χ3v) is 8.10. The van der Waals surface area contributed by atoms with E-state index in [2.05, 4.69) is 65.9 Å². The monoisotopic (exact) mass is 641 g/mol. The number of fused-ring (bicyclic) bond motifs is 1. The lowest BCUT2D eigenvalue weighted by Crippen LogP contribution is -2.50. The number of H-pyrrole nitrogens is 1. The van der Waals surface area contributed by atoms with Gasteiger partial charge >= 0.3 is 0 Å². The Morgan fingerprint density at radius 1 is 1.13 bits per heavy atom. The topological polar surface area (TPSA) is 128 Å². The Morgan fingerprint density at radius 2 is 2.03 bits per heavy atom. The highest BCUT2D eigenvalue weighted by Crippen LogP contribution is 2.33. The van der Waals surface area contributed by atoms with Crippen molar-refractivity contribution < 1.29 is 9.84 Å². The molecule has 2 aliphatic heterocycles. The summed E-state index contributed by atoms with van der Waals surface area (Å²) < 4.78 is 6.12. The number of halogens is 1. The predicted octanol–water partition coefficient (Wildman–Crippen LogP) is 3.10. The minimum atomic E-state index is -0.109. The van der Waals surface area contributed by atoms with Crippen molar-refractivity contribution in [2.45, 2.75) is 38.3 Å². The zero-order valence-electron chi connectivity index (χ0n) is 22.1. The maximum absolute atomic E-state index is 9.84. The number of hydrogen-bond donors (Lipinski definition) is 3. The Labute approximate surface area is 240 Å². The van der Waals surface area contributed by atoms with Gasteiger partial charge in [-0.1, -0.05) is 0 Å². The summed E-state index contributed by atoms with van der Waals surface area (Å²) in [6, 6.07) is 10.1. The molecule has 11 nitrogen and oxygen atoms in total. The molecular weight excluding hydrogens is 609 g/mol. The number of hydrogen-bond acceptors (Lipinski definition) is 10. The van der Waals surface area contributed by atoms with Crippen molar-refractivity contribution in [1.82, 2.24) is 35.5 Å². The van der Waals surface area contributed by atoms with Gasteiger partial charge in [-0.15, -0.1) is 5.10 Å². The fraction of sp³-hybridized carbons (Fsp3) is 0.444. The number of benzene rings is 1. The zero-order chi connectivity index (χ0) is 26.9. The molecule has 0 spiro atoms. The average molecular weight is 642 g/mol. The molecule has 6 rings (SSSR count). The van der Waals surface area contributed by atoms with Crippen LogP contribution in [0.5, 0.6) is 5.75 Å². The number of aliphatic hydroxyl groups excluding tert-OH is 1. The number of rotatable bonds is 6. The first-order valence-electron chi connectivity index (χ1n) is 13.3. The third-order valence-electron chi connectivity index (χ3n) is 7.61. The molecule has 2 aliphatic rings. The standard InChI is InChI=1S/C27H32IN9O2/c1-16-13-29-9-11-37(16)25-20-6-7-21(17-5-8-22(39-2)19(12-17)15-38)30-24(20)32-27(33-25)36-10-3-4-18(14-36)23-31-26(28)35-34-23/h5-8,12,16,18,29,38H,3-4,9-11,13-15H2,1-2H3,(H,31,34,35)/t16-,18?/m0/s1. The lowest BCUT2D eigenvalue weighted by Gasteiger charge is -2.37. The van der Waals surface area contributed by atoms with Crippen molar-refractivity contribution in [3.63, 3.8) is 0 Å². The molecule has 1 unspecified atom stereocenters. The minimum absolute atomic E-state index is 0.109. The van der Waals surface area contributed by atoms with Crippen LogP contribution in [0, 0.1) is 3.83 Å². The summed E-state index contributed by atoms with van der Waals surface area (Å²) in [7, 11) is 1.61. The van der Waals surface area contributed by atoms with Crippen molar-refractivity contribution in [2.75, 3.05) is 49.6 Å². The summed E-state index contributed by atoms with van der Waals surface area (Å²) in [4.78, 5) is 24.4. The normalized spacial score (nSPS) is 20.0. The SMILES string of the molecule is COc1ccc(-c2ccc3c(N4CCNC[C@@H]4C)nc(N4CCCC(c5nc(I)n[nH]5)C4)nc3n2)cc1CO. The smallest absolute Gasteiger partial charge is 0.229 e. The summed E-state index contributed by atoms with van der Waals surface area (Å²) >= 11 is 2.14. The van der Waals surface area contributed by atoms with Crippen LogP contribution >= 0.6 is 22.6 Å². The number of pyridine rings is 1. The largest absolute Gasteiger partial charge is 0.496 e. The second-order valence-corrected chi connectivity index (χ2v) is 11.1. The summed E-state index contributed by atoms with van der Waals surface area (Å²) in [5, 5.41) is 21.6. The van der Waals surface area contributed by atoms with E-state index in [9.17, 15) is 5.11 Å². The van der Waals surface area contributed by atoms with Gasteiger partial charge in [0, 0.05) is 78.4 Å². The van der Waals surface area contributed by atoms with E-state index < -0.39 is 0 Å². The van der Waals surface area contributed by atoms with E-state index in [0.29, 0.717) is 23.4 Å². The average Bonchev–Trinajstić information content (AvgIpc) is 3.42. The number of aromatic nitrogens is 6. The molecule has 39 heavy (non-hydrogen) atoms.